The van der Waals surface area contributed by atoms with Crippen molar-refractivity contribution in [2.75, 3.05) is 0 Å². The Morgan fingerprint density at radius 2 is 1.68 bits per heavy atom. The summed E-state index contributed by atoms with van der Waals surface area (Å²) < 4.78 is 0. The van der Waals surface area contributed by atoms with E-state index in [1.54, 1.807) is 0 Å². The van der Waals surface area contributed by atoms with Crippen LogP contribution >= 0.6 is 0 Å². The maximum atomic E-state index is 12.7. The second-order valence-electron chi connectivity index (χ2n) is 6.10. The highest BCUT2D eigenvalue weighted by Gasteiger charge is 2.58. The molecule has 3 rings (SSSR count). The molecule has 0 aromatic heterocycles. The van der Waals surface area contributed by atoms with Gasteiger partial charge in [0, 0.05) is 11.8 Å². The number of carbonyl (C=O) groups is 2. The van der Waals surface area contributed by atoms with Gasteiger partial charge in [0.05, 0.1) is 5.41 Å². The molecule has 0 saturated heterocycles. The average molecular weight is 256 g/mol. The normalized spacial score (nSPS) is 29.3. The zero-order valence-corrected chi connectivity index (χ0v) is 11.4. The summed E-state index contributed by atoms with van der Waals surface area (Å²) in [4.78, 5) is 25.3. The standard InChI is InChI=1S/C17H20O2/c1-12-14(11-13-7-3-2-4-8-13)16(19)17(15(12)18)9-5-6-10-17/h2-4,7-8,12,14H,5-6,9-11H2,1H3/t12-,14+/m0/s1. The van der Waals surface area contributed by atoms with Crippen molar-refractivity contribution in [2.45, 2.75) is 39.0 Å². The summed E-state index contributed by atoms with van der Waals surface area (Å²) in [5, 5.41) is 0. The molecule has 100 valence electrons. The van der Waals surface area contributed by atoms with Crippen LogP contribution in [0.2, 0.25) is 0 Å². The minimum Gasteiger partial charge on any atom is -0.298 e. The van der Waals surface area contributed by atoms with E-state index < -0.39 is 5.41 Å². The summed E-state index contributed by atoms with van der Waals surface area (Å²) in [5.41, 5.74) is 0.564. The maximum Gasteiger partial charge on any atom is 0.150 e. The molecule has 19 heavy (non-hydrogen) atoms. The highest BCUT2D eigenvalue weighted by atomic mass is 16.2. The summed E-state index contributed by atoms with van der Waals surface area (Å²) >= 11 is 0. The predicted molar refractivity (Wildman–Crippen MR) is 73.7 cm³/mol. The van der Waals surface area contributed by atoms with E-state index in [1.807, 2.05) is 37.3 Å². The molecule has 0 aliphatic heterocycles. The van der Waals surface area contributed by atoms with Gasteiger partial charge in [0.15, 0.2) is 5.78 Å². The fourth-order valence-electron chi connectivity index (χ4n) is 3.93. The molecule has 2 aliphatic carbocycles. The molecule has 0 unspecified atom stereocenters. The Hall–Kier alpha value is -1.44. The molecule has 1 aromatic rings. The van der Waals surface area contributed by atoms with E-state index in [2.05, 4.69) is 0 Å². The van der Waals surface area contributed by atoms with Crippen molar-refractivity contribution in [1.82, 2.24) is 0 Å². The van der Waals surface area contributed by atoms with Crippen LogP contribution in [0.4, 0.5) is 0 Å². The Bertz CT molecular complexity index is 497. The molecule has 1 aromatic carbocycles. The number of hydrogen-bond acceptors (Lipinski definition) is 2. The Labute approximate surface area is 114 Å². The van der Waals surface area contributed by atoms with Crippen molar-refractivity contribution in [3.63, 3.8) is 0 Å². The van der Waals surface area contributed by atoms with Crippen molar-refractivity contribution >= 4 is 11.6 Å². The molecule has 2 aliphatic rings. The molecule has 2 heteroatoms. The quantitative estimate of drug-likeness (QED) is 0.761. The van der Waals surface area contributed by atoms with Crippen molar-refractivity contribution in [1.29, 1.82) is 0 Å². The van der Waals surface area contributed by atoms with Crippen LogP contribution in [-0.4, -0.2) is 11.6 Å². The first-order chi connectivity index (χ1) is 9.15. The van der Waals surface area contributed by atoms with E-state index in [9.17, 15) is 9.59 Å². The van der Waals surface area contributed by atoms with Gasteiger partial charge in [-0.2, -0.15) is 0 Å². The largest absolute Gasteiger partial charge is 0.298 e. The second-order valence-corrected chi connectivity index (χ2v) is 6.10. The lowest BCUT2D eigenvalue weighted by Crippen LogP contribution is -2.31. The van der Waals surface area contributed by atoms with Crippen LogP contribution in [0.1, 0.15) is 38.2 Å². The summed E-state index contributed by atoms with van der Waals surface area (Å²) in [5.74, 6) is 0.237. The van der Waals surface area contributed by atoms with Crippen LogP contribution in [0.3, 0.4) is 0 Å². The van der Waals surface area contributed by atoms with Gasteiger partial charge in [0.2, 0.25) is 0 Å². The zero-order chi connectivity index (χ0) is 13.5. The molecule has 2 fully saturated rings. The molecule has 0 radical (unpaired) electrons. The van der Waals surface area contributed by atoms with Crippen LogP contribution in [0, 0.1) is 17.3 Å². The first kappa shape index (κ1) is 12.6. The van der Waals surface area contributed by atoms with Gasteiger partial charge in [-0.25, -0.2) is 0 Å². The van der Waals surface area contributed by atoms with E-state index in [1.165, 1.54) is 0 Å². The molecule has 2 nitrogen and oxygen atoms in total. The summed E-state index contributed by atoms with van der Waals surface area (Å²) in [7, 11) is 0. The molecule has 1 spiro atoms. The van der Waals surface area contributed by atoms with E-state index in [0.29, 0.717) is 6.42 Å². The van der Waals surface area contributed by atoms with Crippen LogP contribution < -0.4 is 0 Å². The van der Waals surface area contributed by atoms with Crippen LogP contribution in [0.15, 0.2) is 30.3 Å². The lowest BCUT2D eigenvalue weighted by molar-refractivity contribution is -0.135. The minimum absolute atomic E-state index is 0.104. The van der Waals surface area contributed by atoms with E-state index in [4.69, 9.17) is 0 Å². The topological polar surface area (TPSA) is 34.1 Å². The molecular weight excluding hydrogens is 236 g/mol. The van der Waals surface area contributed by atoms with Crippen molar-refractivity contribution in [2.24, 2.45) is 17.3 Å². The summed E-state index contributed by atoms with van der Waals surface area (Å²) in [6.45, 7) is 1.95. The first-order valence-corrected chi connectivity index (χ1v) is 7.28. The number of benzene rings is 1. The van der Waals surface area contributed by atoms with Gasteiger partial charge in [-0.05, 0) is 24.8 Å². The highest BCUT2D eigenvalue weighted by Crippen LogP contribution is 2.50. The van der Waals surface area contributed by atoms with Crippen molar-refractivity contribution < 1.29 is 9.59 Å². The lowest BCUT2D eigenvalue weighted by atomic mass is 9.81. The fourth-order valence-corrected chi connectivity index (χ4v) is 3.93. The van der Waals surface area contributed by atoms with Crippen LogP contribution in [0.5, 0.6) is 0 Å². The molecular formula is C17H20O2. The second kappa shape index (κ2) is 4.59. The van der Waals surface area contributed by atoms with Crippen molar-refractivity contribution in [3.8, 4) is 0 Å². The third-order valence-corrected chi connectivity index (χ3v) is 5.05. The SMILES string of the molecule is C[C@@H]1C(=O)C2(CCCC2)C(=O)[C@@H]1Cc1ccccc1. The van der Waals surface area contributed by atoms with Gasteiger partial charge in [-0.1, -0.05) is 50.1 Å². The van der Waals surface area contributed by atoms with Gasteiger partial charge < -0.3 is 0 Å². The van der Waals surface area contributed by atoms with Gasteiger partial charge in [-0.15, -0.1) is 0 Å². The molecule has 2 atom stereocenters. The third kappa shape index (κ3) is 1.85. The number of ketones is 2. The number of Topliss-reactive ketones (excluding diaryl/α,β-unsaturated/α-hetero) is 2. The van der Waals surface area contributed by atoms with Gasteiger partial charge in [0.25, 0.3) is 0 Å². The Morgan fingerprint density at radius 1 is 1.05 bits per heavy atom. The smallest absolute Gasteiger partial charge is 0.150 e. The fraction of sp³-hybridized carbons (Fsp3) is 0.529. The van der Waals surface area contributed by atoms with E-state index in [-0.39, 0.29) is 23.4 Å². The van der Waals surface area contributed by atoms with Gasteiger partial charge in [-0.3, -0.25) is 9.59 Å². The van der Waals surface area contributed by atoms with Crippen molar-refractivity contribution in [3.05, 3.63) is 35.9 Å². The summed E-state index contributed by atoms with van der Waals surface area (Å²) in [6, 6.07) is 10.1. The zero-order valence-electron chi connectivity index (χ0n) is 11.4. The number of rotatable bonds is 2. The molecule has 0 N–H and O–H groups in total. The lowest BCUT2D eigenvalue weighted by Gasteiger charge is -2.19. The monoisotopic (exact) mass is 256 g/mol. The van der Waals surface area contributed by atoms with E-state index >= 15 is 0 Å². The van der Waals surface area contributed by atoms with E-state index in [0.717, 1.165) is 31.2 Å². The van der Waals surface area contributed by atoms with Gasteiger partial charge in [0.1, 0.15) is 5.78 Å². The number of carbonyl (C=O) groups excluding carboxylic acids is 2. The first-order valence-electron chi connectivity index (χ1n) is 7.28. The number of hydrogen-bond donors (Lipinski definition) is 0. The predicted octanol–water partition coefficient (Wildman–Crippen LogP) is 3.19. The highest BCUT2D eigenvalue weighted by molar-refractivity contribution is 6.15. The Kier molecular flexibility index (Phi) is 3.04. The molecule has 0 heterocycles. The summed E-state index contributed by atoms with van der Waals surface area (Å²) in [6.07, 6.45) is 4.36. The average Bonchev–Trinajstić information content (AvgIpc) is 2.99. The Balaban J connectivity index is 1.87. The maximum absolute atomic E-state index is 12.7. The van der Waals surface area contributed by atoms with Crippen LogP contribution in [-0.2, 0) is 16.0 Å². The van der Waals surface area contributed by atoms with Gasteiger partial charge >= 0.3 is 0 Å². The molecule has 2 saturated carbocycles. The molecule has 0 amide bonds. The Morgan fingerprint density at radius 3 is 2.32 bits per heavy atom. The molecule has 0 bridgehead atoms. The third-order valence-electron chi connectivity index (χ3n) is 5.05. The minimum atomic E-state index is -0.598. The van der Waals surface area contributed by atoms with Crippen LogP contribution in [0.25, 0.3) is 0 Å².